The summed E-state index contributed by atoms with van der Waals surface area (Å²) in [6.45, 7) is 2.65. The number of hydrogen-bond donors (Lipinski definition) is 1. The number of piperidine rings is 1. The summed E-state index contributed by atoms with van der Waals surface area (Å²) < 4.78 is 11.5. The summed E-state index contributed by atoms with van der Waals surface area (Å²) in [5.74, 6) is -0.283. The molecule has 27 heavy (non-hydrogen) atoms. The number of carbonyl (C=O) groups is 1. The SMILES string of the molecule is N[C@@H]1COC2(CCN(c3ccccc3C(=O)OCc3ccccc3)CC2)C1. The minimum absolute atomic E-state index is 0.0708. The van der Waals surface area contributed by atoms with E-state index in [1.54, 1.807) is 0 Å². The Labute approximate surface area is 160 Å². The number of nitrogens with two attached hydrogens (primary N) is 1. The number of carbonyl (C=O) groups excluding carboxylic acids is 1. The lowest BCUT2D eigenvalue weighted by molar-refractivity contribution is -0.0148. The Balaban J connectivity index is 1.43. The molecular weight excluding hydrogens is 340 g/mol. The summed E-state index contributed by atoms with van der Waals surface area (Å²) in [4.78, 5) is 14.9. The Morgan fingerprint density at radius 2 is 1.81 bits per heavy atom. The molecule has 5 heteroatoms. The van der Waals surface area contributed by atoms with Crippen LogP contribution in [0.25, 0.3) is 0 Å². The summed E-state index contributed by atoms with van der Waals surface area (Å²) in [5.41, 5.74) is 8.50. The fraction of sp³-hybridized carbons (Fsp3) is 0.409. The zero-order valence-corrected chi connectivity index (χ0v) is 15.5. The van der Waals surface area contributed by atoms with Crippen LogP contribution >= 0.6 is 0 Å². The second kappa shape index (κ2) is 7.71. The first-order valence-electron chi connectivity index (χ1n) is 9.60. The van der Waals surface area contributed by atoms with E-state index in [9.17, 15) is 4.79 Å². The highest BCUT2D eigenvalue weighted by Crippen LogP contribution is 2.37. The predicted octanol–water partition coefficient (Wildman–Crippen LogP) is 3.13. The van der Waals surface area contributed by atoms with Gasteiger partial charge in [-0.1, -0.05) is 42.5 Å². The topological polar surface area (TPSA) is 64.8 Å². The van der Waals surface area contributed by atoms with Crippen LogP contribution in [0.1, 0.15) is 35.2 Å². The number of nitrogens with zero attached hydrogens (tertiary/aromatic N) is 1. The third-order valence-corrected chi connectivity index (χ3v) is 5.59. The fourth-order valence-electron chi connectivity index (χ4n) is 4.11. The molecule has 0 unspecified atom stereocenters. The molecule has 1 atom stereocenters. The molecule has 0 saturated carbocycles. The number of hydrogen-bond acceptors (Lipinski definition) is 5. The minimum atomic E-state index is -0.283. The average Bonchev–Trinajstić information content (AvgIpc) is 3.07. The number of ether oxygens (including phenoxy) is 2. The van der Waals surface area contributed by atoms with Gasteiger partial charge in [-0.05, 0) is 37.0 Å². The van der Waals surface area contributed by atoms with Gasteiger partial charge in [0, 0.05) is 19.1 Å². The van der Waals surface area contributed by atoms with Crippen LogP contribution in [0.2, 0.25) is 0 Å². The number of para-hydroxylation sites is 1. The first kappa shape index (κ1) is 18.0. The highest BCUT2D eigenvalue weighted by atomic mass is 16.5. The summed E-state index contributed by atoms with van der Waals surface area (Å²) in [5, 5.41) is 0. The lowest BCUT2D eigenvalue weighted by Crippen LogP contribution is -2.45. The highest BCUT2D eigenvalue weighted by Gasteiger charge is 2.41. The second-order valence-electron chi connectivity index (χ2n) is 7.52. The molecule has 2 aromatic carbocycles. The summed E-state index contributed by atoms with van der Waals surface area (Å²) in [6, 6.07) is 17.6. The molecule has 0 radical (unpaired) electrons. The van der Waals surface area contributed by atoms with Crippen LogP contribution in [-0.4, -0.2) is 37.3 Å². The molecule has 0 bridgehead atoms. The van der Waals surface area contributed by atoms with E-state index < -0.39 is 0 Å². The summed E-state index contributed by atoms with van der Waals surface area (Å²) in [6.07, 6.45) is 2.81. The molecule has 4 rings (SSSR count). The smallest absolute Gasteiger partial charge is 0.340 e. The number of rotatable bonds is 4. The van der Waals surface area contributed by atoms with Gasteiger partial charge in [0.05, 0.1) is 23.5 Å². The van der Waals surface area contributed by atoms with Gasteiger partial charge in [0.2, 0.25) is 0 Å². The Hall–Kier alpha value is -2.37. The molecule has 1 spiro atoms. The second-order valence-corrected chi connectivity index (χ2v) is 7.52. The third kappa shape index (κ3) is 3.99. The van der Waals surface area contributed by atoms with E-state index in [2.05, 4.69) is 4.90 Å². The molecular formula is C22H26N2O3. The van der Waals surface area contributed by atoms with E-state index in [0.717, 1.165) is 43.6 Å². The summed E-state index contributed by atoms with van der Waals surface area (Å²) >= 11 is 0. The van der Waals surface area contributed by atoms with Crippen molar-refractivity contribution in [3.8, 4) is 0 Å². The van der Waals surface area contributed by atoms with Crippen molar-refractivity contribution in [3.05, 3.63) is 65.7 Å². The zero-order valence-electron chi connectivity index (χ0n) is 15.5. The molecule has 2 heterocycles. The van der Waals surface area contributed by atoms with Crippen molar-refractivity contribution in [2.45, 2.75) is 37.5 Å². The van der Waals surface area contributed by atoms with Crippen molar-refractivity contribution < 1.29 is 14.3 Å². The molecule has 2 N–H and O–H groups in total. The summed E-state index contributed by atoms with van der Waals surface area (Å²) in [7, 11) is 0. The molecule has 2 aliphatic heterocycles. The minimum Gasteiger partial charge on any atom is -0.457 e. The van der Waals surface area contributed by atoms with Crippen molar-refractivity contribution in [1.29, 1.82) is 0 Å². The van der Waals surface area contributed by atoms with Crippen molar-refractivity contribution >= 4 is 11.7 Å². The standard InChI is InChI=1S/C22H26N2O3/c23-18-14-22(27-16-18)10-12-24(13-11-22)20-9-5-4-8-19(20)21(25)26-15-17-6-2-1-3-7-17/h1-9,18H,10-16,23H2/t18-/m0/s1. The maximum absolute atomic E-state index is 12.7. The number of anilines is 1. The van der Waals surface area contributed by atoms with Crippen LogP contribution in [0.3, 0.4) is 0 Å². The lowest BCUT2D eigenvalue weighted by atomic mass is 9.87. The van der Waals surface area contributed by atoms with E-state index in [4.69, 9.17) is 15.2 Å². The number of benzene rings is 2. The van der Waals surface area contributed by atoms with Crippen LogP contribution in [0.15, 0.2) is 54.6 Å². The first-order chi connectivity index (χ1) is 13.2. The van der Waals surface area contributed by atoms with E-state index in [0.29, 0.717) is 12.2 Å². The van der Waals surface area contributed by atoms with Crippen molar-refractivity contribution in [2.24, 2.45) is 5.73 Å². The fourth-order valence-corrected chi connectivity index (χ4v) is 4.11. The Morgan fingerprint density at radius 3 is 2.52 bits per heavy atom. The van der Waals surface area contributed by atoms with Crippen molar-refractivity contribution in [1.82, 2.24) is 0 Å². The number of esters is 1. The molecule has 142 valence electrons. The van der Waals surface area contributed by atoms with E-state index >= 15 is 0 Å². The van der Waals surface area contributed by atoms with Crippen LogP contribution in [-0.2, 0) is 16.1 Å². The van der Waals surface area contributed by atoms with Crippen LogP contribution in [0.5, 0.6) is 0 Å². The zero-order chi connectivity index (χ0) is 18.7. The van der Waals surface area contributed by atoms with E-state index in [-0.39, 0.29) is 24.2 Å². The van der Waals surface area contributed by atoms with Crippen LogP contribution < -0.4 is 10.6 Å². The molecule has 0 amide bonds. The lowest BCUT2D eigenvalue weighted by Gasteiger charge is -2.40. The quantitative estimate of drug-likeness (QED) is 0.842. The Morgan fingerprint density at radius 1 is 1.11 bits per heavy atom. The maximum Gasteiger partial charge on any atom is 0.340 e. The van der Waals surface area contributed by atoms with E-state index in [1.165, 1.54) is 0 Å². The molecule has 0 aromatic heterocycles. The Bertz CT molecular complexity index is 785. The highest BCUT2D eigenvalue weighted by molar-refractivity contribution is 5.95. The monoisotopic (exact) mass is 366 g/mol. The van der Waals surface area contributed by atoms with Gasteiger partial charge < -0.3 is 20.1 Å². The van der Waals surface area contributed by atoms with Gasteiger partial charge in [-0.25, -0.2) is 4.79 Å². The Kier molecular flexibility index (Phi) is 5.14. The van der Waals surface area contributed by atoms with Crippen LogP contribution in [0.4, 0.5) is 5.69 Å². The average molecular weight is 366 g/mol. The van der Waals surface area contributed by atoms with Gasteiger partial charge in [-0.3, -0.25) is 0 Å². The van der Waals surface area contributed by atoms with Crippen molar-refractivity contribution in [3.63, 3.8) is 0 Å². The molecule has 0 aliphatic carbocycles. The van der Waals surface area contributed by atoms with Gasteiger partial charge in [-0.15, -0.1) is 0 Å². The predicted molar refractivity (Wildman–Crippen MR) is 105 cm³/mol. The molecule has 5 nitrogen and oxygen atoms in total. The molecule has 2 aliphatic rings. The maximum atomic E-state index is 12.7. The van der Waals surface area contributed by atoms with Gasteiger partial charge in [0.15, 0.2) is 0 Å². The van der Waals surface area contributed by atoms with Gasteiger partial charge in [0.1, 0.15) is 6.61 Å². The largest absolute Gasteiger partial charge is 0.457 e. The van der Waals surface area contributed by atoms with Gasteiger partial charge in [-0.2, -0.15) is 0 Å². The third-order valence-electron chi connectivity index (χ3n) is 5.59. The van der Waals surface area contributed by atoms with Crippen LogP contribution in [0, 0.1) is 0 Å². The van der Waals surface area contributed by atoms with Gasteiger partial charge in [0.25, 0.3) is 0 Å². The first-order valence-corrected chi connectivity index (χ1v) is 9.60. The van der Waals surface area contributed by atoms with Crippen molar-refractivity contribution in [2.75, 3.05) is 24.6 Å². The van der Waals surface area contributed by atoms with Gasteiger partial charge >= 0.3 is 5.97 Å². The van der Waals surface area contributed by atoms with E-state index in [1.807, 2.05) is 54.6 Å². The normalized spacial score (nSPS) is 21.4. The molecule has 2 saturated heterocycles. The molecule has 2 aromatic rings. The molecule has 2 fully saturated rings.